The van der Waals surface area contributed by atoms with Crippen LogP contribution in [0.3, 0.4) is 0 Å². The molecule has 0 saturated heterocycles. The van der Waals surface area contributed by atoms with E-state index in [4.69, 9.17) is 5.11 Å². The SMILES string of the molecule is CNCCC(CCO)C1C=CC=CC1. The lowest BCUT2D eigenvalue weighted by Crippen LogP contribution is -2.20. The van der Waals surface area contributed by atoms with Crippen LogP contribution in [0, 0.1) is 11.8 Å². The van der Waals surface area contributed by atoms with E-state index in [9.17, 15) is 0 Å². The first-order valence-electron chi connectivity index (χ1n) is 5.47. The summed E-state index contributed by atoms with van der Waals surface area (Å²) in [4.78, 5) is 0. The summed E-state index contributed by atoms with van der Waals surface area (Å²) in [5, 5.41) is 12.2. The van der Waals surface area contributed by atoms with Crippen LogP contribution in [0.25, 0.3) is 0 Å². The van der Waals surface area contributed by atoms with E-state index in [1.54, 1.807) is 0 Å². The van der Waals surface area contributed by atoms with Crippen LogP contribution in [0.4, 0.5) is 0 Å². The van der Waals surface area contributed by atoms with Gasteiger partial charge in [0.25, 0.3) is 0 Å². The van der Waals surface area contributed by atoms with Gasteiger partial charge in [0.15, 0.2) is 0 Å². The molecule has 0 aromatic carbocycles. The van der Waals surface area contributed by atoms with Gasteiger partial charge < -0.3 is 10.4 Å². The van der Waals surface area contributed by atoms with Gasteiger partial charge in [-0.05, 0) is 44.7 Å². The molecule has 0 fully saturated rings. The Morgan fingerprint density at radius 3 is 2.86 bits per heavy atom. The molecule has 2 heteroatoms. The van der Waals surface area contributed by atoms with Gasteiger partial charge in [-0.2, -0.15) is 0 Å². The Kier molecular flexibility index (Phi) is 5.57. The Morgan fingerprint density at radius 2 is 2.29 bits per heavy atom. The summed E-state index contributed by atoms with van der Waals surface area (Å²) in [6.07, 6.45) is 11.9. The number of allylic oxidation sites excluding steroid dienone is 4. The van der Waals surface area contributed by atoms with Crippen molar-refractivity contribution < 1.29 is 5.11 Å². The van der Waals surface area contributed by atoms with Crippen molar-refractivity contribution in [3.05, 3.63) is 24.3 Å². The molecule has 80 valence electrons. The zero-order valence-corrected chi connectivity index (χ0v) is 8.95. The summed E-state index contributed by atoms with van der Waals surface area (Å²) in [5.74, 6) is 1.24. The van der Waals surface area contributed by atoms with E-state index in [1.807, 2.05) is 7.05 Å². The summed E-state index contributed by atoms with van der Waals surface area (Å²) in [7, 11) is 1.98. The van der Waals surface area contributed by atoms with E-state index in [-0.39, 0.29) is 0 Å². The highest BCUT2D eigenvalue weighted by Gasteiger charge is 2.17. The Balaban J connectivity index is 2.40. The van der Waals surface area contributed by atoms with Crippen molar-refractivity contribution in [3.63, 3.8) is 0 Å². The molecule has 2 nitrogen and oxygen atoms in total. The molecule has 0 amide bonds. The standard InChI is InChI=1S/C12H21NO/c1-13-9-7-12(8-10-14)11-5-3-2-4-6-11/h2-5,11-14H,6-10H2,1H3. The average Bonchev–Trinajstić information content (AvgIpc) is 2.25. The predicted molar refractivity (Wildman–Crippen MR) is 60.1 cm³/mol. The molecular formula is C12H21NO. The molecule has 0 radical (unpaired) electrons. The van der Waals surface area contributed by atoms with Crippen molar-refractivity contribution in [1.82, 2.24) is 5.32 Å². The van der Waals surface area contributed by atoms with Gasteiger partial charge in [0.05, 0.1) is 0 Å². The lowest BCUT2D eigenvalue weighted by atomic mass is 9.83. The second-order valence-corrected chi connectivity index (χ2v) is 3.88. The summed E-state index contributed by atoms with van der Waals surface area (Å²) in [6.45, 7) is 1.35. The first-order chi connectivity index (χ1) is 6.88. The Morgan fingerprint density at radius 1 is 1.43 bits per heavy atom. The van der Waals surface area contributed by atoms with Crippen LogP contribution in [0.1, 0.15) is 19.3 Å². The molecule has 0 heterocycles. The zero-order valence-electron chi connectivity index (χ0n) is 8.95. The van der Waals surface area contributed by atoms with Gasteiger partial charge in [-0.25, -0.2) is 0 Å². The van der Waals surface area contributed by atoms with Gasteiger partial charge in [0, 0.05) is 6.61 Å². The molecule has 1 rings (SSSR count). The van der Waals surface area contributed by atoms with Crippen LogP contribution in [0.5, 0.6) is 0 Å². The molecule has 1 aliphatic carbocycles. The maximum Gasteiger partial charge on any atom is 0.0433 e. The molecule has 0 saturated carbocycles. The van der Waals surface area contributed by atoms with Crippen molar-refractivity contribution >= 4 is 0 Å². The fraction of sp³-hybridized carbons (Fsp3) is 0.667. The Bertz CT molecular complexity index is 198. The number of rotatable bonds is 6. The van der Waals surface area contributed by atoms with Crippen molar-refractivity contribution in [2.45, 2.75) is 19.3 Å². The van der Waals surface area contributed by atoms with Crippen LogP contribution < -0.4 is 5.32 Å². The van der Waals surface area contributed by atoms with Gasteiger partial charge in [-0.15, -0.1) is 0 Å². The minimum atomic E-state index is 0.308. The van der Waals surface area contributed by atoms with Crippen LogP contribution >= 0.6 is 0 Å². The van der Waals surface area contributed by atoms with E-state index in [1.165, 1.54) is 0 Å². The first kappa shape index (κ1) is 11.5. The number of nitrogens with one attached hydrogen (secondary N) is 1. The highest BCUT2D eigenvalue weighted by molar-refractivity contribution is 5.11. The average molecular weight is 195 g/mol. The lowest BCUT2D eigenvalue weighted by Gasteiger charge is -2.24. The number of aliphatic hydroxyl groups excluding tert-OH is 1. The van der Waals surface area contributed by atoms with Gasteiger partial charge in [0.2, 0.25) is 0 Å². The van der Waals surface area contributed by atoms with Gasteiger partial charge in [-0.3, -0.25) is 0 Å². The van der Waals surface area contributed by atoms with E-state index < -0.39 is 0 Å². The molecule has 1 aliphatic rings. The van der Waals surface area contributed by atoms with E-state index >= 15 is 0 Å². The van der Waals surface area contributed by atoms with Crippen LogP contribution in [-0.4, -0.2) is 25.3 Å². The monoisotopic (exact) mass is 195 g/mol. The molecule has 0 aromatic heterocycles. The first-order valence-corrected chi connectivity index (χ1v) is 5.47. The highest BCUT2D eigenvalue weighted by atomic mass is 16.3. The quantitative estimate of drug-likeness (QED) is 0.676. The van der Waals surface area contributed by atoms with Gasteiger partial charge >= 0.3 is 0 Å². The summed E-state index contributed by atoms with van der Waals surface area (Å²) < 4.78 is 0. The summed E-state index contributed by atoms with van der Waals surface area (Å²) in [5.41, 5.74) is 0. The third-order valence-electron chi connectivity index (χ3n) is 2.88. The third kappa shape index (κ3) is 3.64. The number of hydrogen-bond acceptors (Lipinski definition) is 2. The zero-order chi connectivity index (χ0) is 10.2. The van der Waals surface area contributed by atoms with Crippen LogP contribution in [0.15, 0.2) is 24.3 Å². The molecule has 2 atom stereocenters. The summed E-state index contributed by atoms with van der Waals surface area (Å²) >= 11 is 0. The van der Waals surface area contributed by atoms with Crippen molar-refractivity contribution in [1.29, 1.82) is 0 Å². The molecule has 0 spiro atoms. The Labute approximate surface area is 86.7 Å². The fourth-order valence-corrected chi connectivity index (χ4v) is 2.02. The number of aliphatic hydroxyl groups is 1. The maximum absolute atomic E-state index is 9.00. The smallest absolute Gasteiger partial charge is 0.0433 e. The summed E-state index contributed by atoms with van der Waals surface area (Å²) in [6, 6.07) is 0. The van der Waals surface area contributed by atoms with E-state index in [2.05, 4.69) is 29.6 Å². The van der Waals surface area contributed by atoms with Crippen LogP contribution in [0.2, 0.25) is 0 Å². The Hall–Kier alpha value is -0.600. The largest absolute Gasteiger partial charge is 0.396 e. The minimum Gasteiger partial charge on any atom is -0.396 e. The fourth-order valence-electron chi connectivity index (χ4n) is 2.02. The lowest BCUT2D eigenvalue weighted by molar-refractivity contribution is 0.227. The van der Waals surface area contributed by atoms with Crippen molar-refractivity contribution in [3.8, 4) is 0 Å². The third-order valence-corrected chi connectivity index (χ3v) is 2.88. The predicted octanol–water partition coefficient (Wildman–Crippen LogP) is 1.73. The highest BCUT2D eigenvalue weighted by Crippen LogP contribution is 2.26. The van der Waals surface area contributed by atoms with Crippen molar-refractivity contribution in [2.75, 3.05) is 20.2 Å². The van der Waals surface area contributed by atoms with Gasteiger partial charge in [-0.1, -0.05) is 24.3 Å². The van der Waals surface area contributed by atoms with E-state index in [0.717, 1.165) is 25.8 Å². The number of hydrogen-bond donors (Lipinski definition) is 2. The second-order valence-electron chi connectivity index (χ2n) is 3.88. The molecule has 0 bridgehead atoms. The second kappa shape index (κ2) is 6.80. The van der Waals surface area contributed by atoms with Crippen LogP contribution in [-0.2, 0) is 0 Å². The normalized spacial score (nSPS) is 22.6. The molecule has 2 N–H and O–H groups in total. The minimum absolute atomic E-state index is 0.308. The molecule has 2 unspecified atom stereocenters. The molecule has 14 heavy (non-hydrogen) atoms. The topological polar surface area (TPSA) is 32.3 Å². The molecular weight excluding hydrogens is 174 g/mol. The molecule has 0 aliphatic heterocycles. The van der Waals surface area contributed by atoms with Gasteiger partial charge in [0.1, 0.15) is 0 Å². The van der Waals surface area contributed by atoms with Crippen molar-refractivity contribution in [2.24, 2.45) is 11.8 Å². The van der Waals surface area contributed by atoms with E-state index in [0.29, 0.717) is 18.4 Å². The maximum atomic E-state index is 9.00. The molecule has 0 aromatic rings.